The van der Waals surface area contributed by atoms with Crippen LogP contribution in [0.4, 0.5) is 0 Å². The third-order valence-electron chi connectivity index (χ3n) is 2.58. The Kier molecular flexibility index (Phi) is 2.20. The van der Waals surface area contributed by atoms with Crippen molar-refractivity contribution >= 4 is 10.9 Å². The molecule has 0 saturated heterocycles. The Balaban J connectivity index is 2.70. The van der Waals surface area contributed by atoms with E-state index in [-0.39, 0.29) is 0 Å². The molecule has 2 heteroatoms. The Hall–Kier alpha value is -1.44. The molecular weight excluding hydrogens is 174 g/mol. The van der Waals surface area contributed by atoms with Crippen LogP contribution in [0.25, 0.3) is 10.9 Å². The molecule has 0 aliphatic heterocycles. The van der Waals surface area contributed by atoms with Crippen molar-refractivity contribution < 1.29 is 5.11 Å². The first kappa shape index (κ1) is 9.13. The summed E-state index contributed by atoms with van der Waals surface area (Å²) in [6.45, 7) is 5.25. The van der Waals surface area contributed by atoms with Crippen LogP contribution in [0.5, 0.6) is 5.75 Å². The molecule has 1 aromatic heterocycles. The van der Waals surface area contributed by atoms with Gasteiger partial charge < -0.3 is 9.67 Å². The molecule has 1 heterocycles. The van der Waals surface area contributed by atoms with Gasteiger partial charge in [-0.2, -0.15) is 0 Å². The fourth-order valence-corrected chi connectivity index (χ4v) is 1.92. The second-order valence-electron chi connectivity index (χ2n) is 3.65. The fourth-order valence-electron chi connectivity index (χ4n) is 1.92. The zero-order valence-electron chi connectivity index (χ0n) is 8.62. The molecule has 0 radical (unpaired) electrons. The lowest BCUT2D eigenvalue weighted by Crippen LogP contribution is -1.97. The molecule has 0 unspecified atom stereocenters. The highest BCUT2D eigenvalue weighted by Gasteiger charge is 2.06. The molecule has 0 amide bonds. The number of rotatable bonds is 2. The van der Waals surface area contributed by atoms with Crippen molar-refractivity contribution in [3.05, 3.63) is 30.0 Å². The van der Waals surface area contributed by atoms with E-state index in [1.807, 2.05) is 12.1 Å². The molecule has 0 spiro atoms. The molecular formula is C12H15NO. The number of hydrogen-bond donors (Lipinski definition) is 1. The largest absolute Gasteiger partial charge is 0.507 e. The number of hydrogen-bond acceptors (Lipinski definition) is 1. The summed E-state index contributed by atoms with van der Waals surface area (Å²) in [7, 11) is 0. The highest BCUT2D eigenvalue weighted by Crippen LogP contribution is 2.27. The van der Waals surface area contributed by atoms with Crippen molar-refractivity contribution in [1.82, 2.24) is 4.57 Å². The van der Waals surface area contributed by atoms with Gasteiger partial charge >= 0.3 is 0 Å². The van der Waals surface area contributed by atoms with Crippen molar-refractivity contribution in [3.63, 3.8) is 0 Å². The van der Waals surface area contributed by atoms with E-state index >= 15 is 0 Å². The summed E-state index contributed by atoms with van der Waals surface area (Å²) in [6.07, 6.45) is 1.11. The van der Waals surface area contributed by atoms with Gasteiger partial charge in [-0.05, 0) is 31.5 Å². The van der Waals surface area contributed by atoms with Gasteiger partial charge in [0.25, 0.3) is 0 Å². The quantitative estimate of drug-likeness (QED) is 0.771. The summed E-state index contributed by atoms with van der Waals surface area (Å²) in [5.74, 6) is 0.375. The molecule has 0 bridgehead atoms. The summed E-state index contributed by atoms with van der Waals surface area (Å²) in [4.78, 5) is 0. The minimum atomic E-state index is 0.375. The maximum atomic E-state index is 9.66. The van der Waals surface area contributed by atoms with E-state index in [1.54, 1.807) is 6.07 Å². The van der Waals surface area contributed by atoms with Gasteiger partial charge in [-0.1, -0.05) is 13.0 Å². The molecule has 2 rings (SSSR count). The highest BCUT2D eigenvalue weighted by atomic mass is 16.3. The van der Waals surface area contributed by atoms with Gasteiger partial charge in [0.05, 0.1) is 5.52 Å². The second-order valence-corrected chi connectivity index (χ2v) is 3.65. The summed E-state index contributed by atoms with van der Waals surface area (Å²) in [5.41, 5.74) is 2.34. The van der Waals surface area contributed by atoms with Gasteiger partial charge in [-0.15, -0.1) is 0 Å². The Morgan fingerprint density at radius 2 is 2.14 bits per heavy atom. The van der Waals surface area contributed by atoms with E-state index in [9.17, 15) is 5.11 Å². The maximum absolute atomic E-state index is 9.66. The van der Waals surface area contributed by atoms with Crippen molar-refractivity contribution in [1.29, 1.82) is 0 Å². The van der Waals surface area contributed by atoms with Crippen LogP contribution in [-0.2, 0) is 6.54 Å². The predicted molar refractivity (Wildman–Crippen MR) is 58.6 cm³/mol. The number of aromatic hydroxyl groups is 1. The summed E-state index contributed by atoms with van der Waals surface area (Å²) in [5, 5.41) is 10.6. The monoisotopic (exact) mass is 189 g/mol. The molecule has 0 atom stereocenters. The maximum Gasteiger partial charge on any atom is 0.124 e. The first-order valence-corrected chi connectivity index (χ1v) is 5.02. The van der Waals surface area contributed by atoms with Gasteiger partial charge in [-0.25, -0.2) is 0 Å². The topological polar surface area (TPSA) is 25.2 Å². The van der Waals surface area contributed by atoms with Gasteiger partial charge in [0.15, 0.2) is 0 Å². The molecule has 2 aromatic rings. The predicted octanol–water partition coefficient (Wildman–Crippen LogP) is 3.07. The smallest absolute Gasteiger partial charge is 0.124 e. The molecule has 0 aliphatic carbocycles. The highest BCUT2D eigenvalue weighted by molar-refractivity contribution is 5.87. The molecule has 1 aromatic carbocycles. The lowest BCUT2D eigenvalue weighted by molar-refractivity contribution is 0.481. The number of phenols is 1. The number of phenolic OH excluding ortho intramolecular Hbond substituents is 1. The van der Waals surface area contributed by atoms with E-state index in [1.165, 1.54) is 5.69 Å². The number of aryl methyl sites for hydroxylation is 2. The standard InChI is InChI=1S/C12H15NO/c1-3-7-13-9(2)8-10-11(13)5-4-6-12(10)14/h4-6,8,14H,3,7H2,1-2H3. The van der Waals surface area contributed by atoms with Crippen LogP contribution in [0, 0.1) is 6.92 Å². The summed E-state index contributed by atoms with van der Waals surface area (Å²) >= 11 is 0. The van der Waals surface area contributed by atoms with Crippen LogP contribution in [0.2, 0.25) is 0 Å². The Morgan fingerprint density at radius 1 is 1.36 bits per heavy atom. The van der Waals surface area contributed by atoms with Crippen LogP contribution in [0.15, 0.2) is 24.3 Å². The normalized spacial score (nSPS) is 11.0. The fraction of sp³-hybridized carbons (Fsp3) is 0.333. The number of fused-ring (bicyclic) bond motifs is 1. The van der Waals surface area contributed by atoms with Gasteiger partial charge in [-0.3, -0.25) is 0 Å². The molecule has 74 valence electrons. The number of nitrogens with zero attached hydrogens (tertiary/aromatic N) is 1. The average molecular weight is 189 g/mol. The summed E-state index contributed by atoms with van der Waals surface area (Å²) < 4.78 is 2.25. The first-order valence-electron chi connectivity index (χ1n) is 5.02. The Morgan fingerprint density at radius 3 is 2.86 bits per heavy atom. The van der Waals surface area contributed by atoms with E-state index in [0.717, 1.165) is 23.9 Å². The average Bonchev–Trinajstić information content (AvgIpc) is 2.47. The molecule has 0 aliphatic rings. The molecule has 2 nitrogen and oxygen atoms in total. The lowest BCUT2D eigenvalue weighted by Gasteiger charge is -2.05. The van der Waals surface area contributed by atoms with E-state index < -0.39 is 0 Å². The lowest BCUT2D eigenvalue weighted by atomic mass is 10.2. The zero-order valence-corrected chi connectivity index (χ0v) is 8.62. The van der Waals surface area contributed by atoms with Crippen LogP contribution in [0.1, 0.15) is 19.0 Å². The van der Waals surface area contributed by atoms with E-state index in [4.69, 9.17) is 0 Å². The Labute approximate surface area is 83.8 Å². The molecule has 0 fully saturated rings. The number of aromatic nitrogens is 1. The van der Waals surface area contributed by atoms with Crippen molar-refractivity contribution in [3.8, 4) is 5.75 Å². The van der Waals surface area contributed by atoms with Gasteiger partial charge in [0, 0.05) is 17.6 Å². The van der Waals surface area contributed by atoms with Crippen LogP contribution < -0.4 is 0 Å². The number of benzene rings is 1. The molecule has 14 heavy (non-hydrogen) atoms. The molecule has 1 N–H and O–H groups in total. The Bertz CT molecular complexity index is 457. The summed E-state index contributed by atoms with van der Waals surface area (Å²) in [6, 6.07) is 7.72. The third kappa shape index (κ3) is 1.27. The van der Waals surface area contributed by atoms with E-state index in [2.05, 4.69) is 24.5 Å². The van der Waals surface area contributed by atoms with Crippen LogP contribution >= 0.6 is 0 Å². The van der Waals surface area contributed by atoms with Crippen LogP contribution in [-0.4, -0.2) is 9.67 Å². The van der Waals surface area contributed by atoms with Crippen LogP contribution in [0.3, 0.4) is 0 Å². The first-order chi connectivity index (χ1) is 6.74. The molecule has 0 saturated carbocycles. The second kappa shape index (κ2) is 3.37. The minimum absolute atomic E-state index is 0.375. The SMILES string of the molecule is CCCn1c(C)cc2c(O)cccc21. The zero-order chi connectivity index (χ0) is 10.1. The van der Waals surface area contributed by atoms with E-state index in [0.29, 0.717) is 5.75 Å². The van der Waals surface area contributed by atoms with Crippen molar-refractivity contribution in [2.45, 2.75) is 26.8 Å². The van der Waals surface area contributed by atoms with Crippen molar-refractivity contribution in [2.75, 3.05) is 0 Å². The van der Waals surface area contributed by atoms with Crippen molar-refractivity contribution in [2.24, 2.45) is 0 Å². The minimum Gasteiger partial charge on any atom is -0.507 e. The third-order valence-corrected chi connectivity index (χ3v) is 2.58. The van der Waals surface area contributed by atoms with Gasteiger partial charge in [0.2, 0.25) is 0 Å². The van der Waals surface area contributed by atoms with Gasteiger partial charge in [0.1, 0.15) is 5.75 Å².